The van der Waals surface area contributed by atoms with Crippen LogP contribution in [0.3, 0.4) is 0 Å². The van der Waals surface area contributed by atoms with Gasteiger partial charge < -0.3 is 10.4 Å². The fraction of sp³-hybridized carbons (Fsp3) is 0.435. The van der Waals surface area contributed by atoms with Crippen molar-refractivity contribution in [2.45, 2.75) is 44.3 Å². The molecule has 0 radical (unpaired) electrons. The molecule has 2 aliphatic carbocycles. The first-order valence-corrected chi connectivity index (χ1v) is 9.98. The fourth-order valence-electron chi connectivity index (χ4n) is 4.59. The lowest BCUT2D eigenvalue weighted by atomic mass is 10.1. The molecule has 2 aromatic rings. The van der Waals surface area contributed by atoms with Crippen molar-refractivity contribution in [3.8, 4) is 0 Å². The summed E-state index contributed by atoms with van der Waals surface area (Å²) in [6.45, 7) is 4.05. The summed E-state index contributed by atoms with van der Waals surface area (Å²) in [5, 5.41) is 13.0. The number of benzene rings is 2. The second kappa shape index (κ2) is 6.47. The number of rotatable bonds is 7. The molecule has 3 aliphatic rings. The second-order valence-corrected chi connectivity index (χ2v) is 8.67. The number of carboxylic acid groups (broad SMARTS) is 1. The standard InChI is InChI=1S/C23H26N2O2/c26-22(27)17-6-7-18-12-25(13-19(18)10-17)15-23(8-9-23)14-24-21-11-20(21)16-4-2-1-3-5-16/h1-7,10,20-21,24H,8-9,11-15H2,(H,26,27). The minimum absolute atomic E-state index is 0.402. The first kappa shape index (κ1) is 17.0. The van der Waals surface area contributed by atoms with E-state index in [0.717, 1.165) is 26.2 Å². The molecule has 2 saturated carbocycles. The summed E-state index contributed by atoms with van der Waals surface area (Å²) in [5.41, 5.74) is 4.75. The molecule has 4 heteroatoms. The van der Waals surface area contributed by atoms with Gasteiger partial charge >= 0.3 is 5.97 Å². The van der Waals surface area contributed by atoms with E-state index in [1.807, 2.05) is 12.1 Å². The van der Waals surface area contributed by atoms with Gasteiger partial charge in [-0.05, 0) is 53.5 Å². The van der Waals surface area contributed by atoms with Crippen molar-refractivity contribution in [2.75, 3.05) is 13.1 Å². The zero-order chi connectivity index (χ0) is 18.4. The third kappa shape index (κ3) is 3.52. The molecule has 1 aliphatic heterocycles. The summed E-state index contributed by atoms with van der Waals surface area (Å²) < 4.78 is 0. The Morgan fingerprint density at radius 1 is 1.11 bits per heavy atom. The van der Waals surface area contributed by atoms with Crippen molar-refractivity contribution in [3.63, 3.8) is 0 Å². The minimum atomic E-state index is -0.837. The van der Waals surface area contributed by atoms with E-state index < -0.39 is 5.97 Å². The maximum absolute atomic E-state index is 11.2. The lowest BCUT2D eigenvalue weighted by molar-refractivity contribution is 0.0696. The second-order valence-electron chi connectivity index (χ2n) is 8.67. The van der Waals surface area contributed by atoms with Crippen LogP contribution in [0, 0.1) is 5.41 Å². The Morgan fingerprint density at radius 3 is 2.63 bits per heavy atom. The highest BCUT2D eigenvalue weighted by Crippen LogP contribution is 2.48. The van der Waals surface area contributed by atoms with Gasteiger partial charge in [0, 0.05) is 38.1 Å². The normalized spacial score (nSPS) is 25.2. The molecule has 4 nitrogen and oxygen atoms in total. The Bertz CT molecular complexity index is 860. The van der Waals surface area contributed by atoms with E-state index >= 15 is 0 Å². The third-order valence-corrected chi connectivity index (χ3v) is 6.51. The smallest absolute Gasteiger partial charge is 0.335 e. The SMILES string of the molecule is O=C(O)c1ccc2c(c1)CN(CC1(CNC3CC3c3ccccc3)CC1)C2. The van der Waals surface area contributed by atoms with Gasteiger partial charge in [-0.15, -0.1) is 0 Å². The maximum atomic E-state index is 11.2. The summed E-state index contributed by atoms with van der Waals surface area (Å²) >= 11 is 0. The van der Waals surface area contributed by atoms with Gasteiger partial charge in [-0.3, -0.25) is 4.90 Å². The molecule has 0 amide bonds. The molecule has 140 valence electrons. The summed E-state index contributed by atoms with van der Waals surface area (Å²) in [6, 6.07) is 17.0. The van der Waals surface area contributed by atoms with Gasteiger partial charge in [0.15, 0.2) is 0 Å². The number of fused-ring (bicyclic) bond motifs is 1. The van der Waals surface area contributed by atoms with Gasteiger partial charge in [0.25, 0.3) is 0 Å². The van der Waals surface area contributed by atoms with E-state index in [1.54, 1.807) is 6.07 Å². The Morgan fingerprint density at radius 2 is 1.89 bits per heavy atom. The summed E-state index contributed by atoms with van der Waals surface area (Å²) in [5.74, 6) is -0.149. The highest BCUT2D eigenvalue weighted by Gasteiger charge is 2.47. The average molecular weight is 362 g/mol. The molecule has 2 atom stereocenters. The summed E-state index contributed by atoms with van der Waals surface area (Å²) in [4.78, 5) is 13.7. The Balaban J connectivity index is 1.15. The van der Waals surface area contributed by atoms with Crippen LogP contribution >= 0.6 is 0 Å². The molecule has 0 saturated heterocycles. The van der Waals surface area contributed by atoms with Gasteiger partial charge in [-0.25, -0.2) is 4.79 Å². The molecule has 2 fully saturated rings. The van der Waals surface area contributed by atoms with Crippen LogP contribution in [0.2, 0.25) is 0 Å². The van der Waals surface area contributed by atoms with Crippen molar-refractivity contribution in [2.24, 2.45) is 5.41 Å². The molecule has 2 unspecified atom stereocenters. The summed E-state index contributed by atoms with van der Waals surface area (Å²) in [6.07, 6.45) is 3.86. The first-order valence-electron chi connectivity index (χ1n) is 9.98. The highest BCUT2D eigenvalue weighted by atomic mass is 16.4. The topological polar surface area (TPSA) is 52.6 Å². The maximum Gasteiger partial charge on any atom is 0.335 e. The fourth-order valence-corrected chi connectivity index (χ4v) is 4.59. The van der Waals surface area contributed by atoms with Gasteiger partial charge in [0.05, 0.1) is 5.56 Å². The minimum Gasteiger partial charge on any atom is -0.478 e. The molecule has 0 spiro atoms. The van der Waals surface area contributed by atoms with Crippen LogP contribution in [0.1, 0.15) is 52.2 Å². The number of carbonyl (C=O) groups is 1. The van der Waals surface area contributed by atoms with E-state index in [4.69, 9.17) is 0 Å². The van der Waals surface area contributed by atoms with Gasteiger partial charge in [-0.2, -0.15) is 0 Å². The number of hydrogen-bond acceptors (Lipinski definition) is 3. The van der Waals surface area contributed by atoms with Crippen LogP contribution in [-0.4, -0.2) is 35.1 Å². The highest BCUT2D eigenvalue weighted by molar-refractivity contribution is 5.87. The molecule has 27 heavy (non-hydrogen) atoms. The molecule has 5 rings (SSSR count). The molecule has 0 aromatic heterocycles. The van der Waals surface area contributed by atoms with Gasteiger partial charge in [0.2, 0.25) is 0 Å². The Hall–Kier alpha value is -2.17. The first-order chi connectivity index (χ1) is 13.1. The Labute approximate surface area is 160 Å². The van der Waals surface area contributed by atoms with Crippen molar-refractivity contribution < 1.29 is 9.90 Å². The van der Waals surface area contributed by atoms with Crippen LogP contribution in [-0.2, 0) is 13.1 Å². The quantitative estimate of drug-likeness (QED) is 0.790. The van der Waals surface area contributed by atoms with E-state index in [2.05, 4.69) is 40.5 Å². The van der Waals surface area contributed by atoms with Crippen molar-refractivity contribution in [3.05, 3.63) is 70.8 Å². The zero-order valence-electron chi connectivity index (χ0n) is 15.5. The number of aromatic carboxylic acids is 1. The molecule has 2 N–H and O–H groups in total. The van der Waals surface area contributed by atoms with Crippen LogP contribution < -0.4 is 5.32 Å². The lowest BCUT2D eigenvalue weighted by Gasteiger charge is -2.23. The van der Waals surface area contributed by atoms with E-state index in [-0.39, 0.29) is 0 Å². The average Bonchev–Trinajstić information content (AvgIpc) is 3.57. The van der Waals surface area contributed by atoms with E-state index in [1.165, 1.54) is 36.0 Å². The van der Waals surface area contributed by atoms with Crippen molar-refractivity contribution in [1.29, 1.82) is 0 Å². The lowest BCUT2D eigenvalue weighted by Crippen LogP contribution is -2.34. The van der Waals surface area contributed by atoms with Gasteiger partial charge in [0.1, 0.15) is 0 Å². The monoisotopic (exact) mass is 362 g/mol. The number of nitrogens with one attached hydrogen (secondary N) is 1. The predicted octanol–water partition coefficient (Wildman–Crippen LogP) is 3.63. The van der Waals surface area contributed by atoms with Crippen molar-refractivity contribution in [1.82, 2.24) is 10.2 Å². The van der Waals surface area contributed by atoms with Crippen LogP contribution in [0.15, 0.2) is 48.5 Å². The molecule has 1 heterocycles. The van der Waals surface area contributed by atoms with Gasteiger partial charge in [-0.1, -0.05) is 36.4 Å². The zero-order valence-corrected chi connectivity index (χ0v) is 15.5. The van der Waals surface area contributed by atoms with Crippen LogP contribution in [0.4, 0.5) is 0 Å². The van der Waals surface area contributed by atoms with Crippen molar-refractivity contribution >= 4 is 5.97 Å². The molecule has 2 aromatic carbocycles. The molecular formula is C23H26N2O2. The van der Waals surface area contributed by atoms with E-state index in [0.29, 0.717) is 22.9 Å². The largest absolute Gasteiger partial charge is 0.478 e. The van der Waals surface area contributed by atoms with Crippen LogP contribution in [0.25, 0.3) is 0 Å². The summed E-state index contributed by atoms with van der Waals surface area (Å²) in [7, 11) is 0. The molecular weight excluding hydrogens is 336 g/mol. The van der Waals surface area contributed by atoms with E-state index in [9.17, 15) is 9.90 Å². The number of hydrogen-bond donors (Lipinski definition) is 2. The predicted molar refractivity (Wildman–Crippen MR) is 105 cm³/mol. The third-order valence-electron chi connectivity index (χ3n) is 6.51. The Kier molecular flexibility index (Phi) is 4.06. The molecule has 0 bridgehead atoms. The van der Waals surface area contributed by atoms with Crippen LogP contribution in [0.5, 0.6) is 0 Å². The number of nitrogens with zero attached hydrogens (tertiary/aromatic N) is 1. The number of carboxylic acids is 1.